The minimum Gasteiger partial charge on any atom is -0.545 e. The predicted octanol–water partition coefficient (Wildman–Crippen LogP) is 3.32. The molecule has 0 amide bonds. The fraction of sp³-hybridized carbons (Fsp3) is 0.136. The van der Waals surface area contributed by atoms with Gasteiger partial charge in [0.1, 0.15) is 0 Å². The first-order valence-corrected chi connectivity index (χ1v) is 8.21. The van der Waals surface area contributed by atoms with Crippen LogP contribution in [0.25, 0.3) is 0 Å². The van der Waals surface area contributed by atoms with Crippen LogP contribution in [0.15, 0.2) is 85.0 Å². The third-order valence-corrected chi connectivity index (χ3v) is 2.77. The van der Waals surface area contributed by atoms with Crippen molar-refractivity contribution in [3.05, 3.63) is 96.1 Å². The van der Waals surface area contributed by atoms with Crippen LogP contribution in [0.1, 0.15) is 29.8 Å². The summed E-state index contributed by atoms with van der Waals surface area (Å²) in [6.45, 7) is 6.08. The van der Waals surface area contributed by atoms with Crippen molar-refractivity contribution in [2.75, 3.05) is 0 Å². The molecule has 136 valence electrons. The van der Waals surface area contributed by atoms with Crippen LogP contribution < -0.4 is 5.11 Å². The lowest BCUT2D eigenvalue weighted by atomic mass is 10.2. The number of aromatic carboxylic acids is 1. The average Bonchev–Trinajstić information content (AvgIpc) is 2.68. The Kier molecular flexibility index (Phi) is 12.3. The zero-order valence-corrected chi connectivity index (χ0v) is 15.2. The minimum atomic E-state index is -1.13. The van der Waals surface area contributed by atoms with Gasteiger partial charge in [-0.15, -0.1) is 0 Å². The molecule has 0 aromatic heterocycles. The van der Waals surface area contributed by atoms with E-state index in [4.69, 9.17) is 0 Å². The molecule has 0 atom stereocenters. The molecule has 4 nitrogen and oxygen atoms in total. The van der Waals surface area contributed by atoms with Gasteiger partial charge in [-0.1, -0.05) is 80.1 Å². The Balaban J connectivity index is 0.000000346. The van der Waals surface area contributed by atoms with Crippen molar-refractivity contribution in [1.29, 1.82) is 0 Å². The quantitative estimate of drug-likeness (QED) is 0.739. The summed E-state index contributed by atoms with van der Waals surface area (Å²) in [4.78, 5) is 30.7. The van der Waals surface area contributed by atoms with E-state index in [1.807, 2.05) is 32.0 Å². The van der Waals surface area contributed by atoms with E-state index in [1.165, 1.54) is 42.0 Å². The van der Waals surface area contributed by atoms with Crippen LogP contribution in [0.4, 0.5) is 0 Å². The highest BCUT2D eigenvalue weighted by Crippen LogP contribution is 1.94. The number of benzene rings is 2. The summed E-state index contributed by atoms with van der Waals surface area (Å²) in [5, 5.41) is 10.1. The molecule has 0 heterocycles. The lowest BCUT2D eigenvalue weighted by Gasteiger charge is -1.97. The SMILES string of the molecule is CC.Cc1ccccc1.O=C([O-])c1ccccc1.O=C1C=CC(=O)C=C1. The molecular formula is C22H23O4-. The van der Waals surface area contributed by atoms with Crippen LogP contribution >= 0.6 is 0 Å². The van der Waals surface area contributed by atoms with Crippen molar-refractivity contribution in [2.45, 2.75) is 20.8 Å². The van der Waals surface area contributed by atoms with Gasteiger partial charge in [-0.2, -0.15) is 0 Å². The summed E-state index contributed by atoms with van der Waals surface area (Å²) >= 11 is 0. The van der Waals surface area contributed by atoms with Gasteiger partial charge in [0.15, 0.2) is 11.6 Å². The first-order valence-electron chi connectivity index (χ1n) is 8.21. The number of carboxylic acid groups (broad SMARTS) is 1. The summed E-state index contributed by atoms with van der Waals surface area (Å²) in [5.41, 5.74) is 1.54. The zero-order chi connectivity index (χ0) is 19.8. The maximum atomic E-state index is 10.3. The molecule has 0 aliphatic heterocycles. The number of aryl methyl sites for hydroxylation is 1. The summed E-state index contributed by atoms with van der Waals surface area (Å²) in [5.74, 6) is -1.37. The second-order valence-corrected chi connectivity index (χ2v) is 4.78. The highest BCUT2D eigenvalue weighted by atomic mass is 16.4. The minimum absolute atomic E-state index is 0.121. The molecule has 2 aromatic rings. The third kappa shape index (κ3) is 11.3. The lowest BCUT2D eigenvalue weighted by molar-refractivity contribution is -0.255. The van der Waals surface area contributed by atoms with E-state index >= 15 is 0 Å². The Morgan fingerprint density at radius 3 is 1.27 bits per heavy atom. The normalized spacial score (nSPS) is 11.0. The van der Waals surface area contributed by atoms with E-state index in [2.05, 4.69) is 19.1 Å². The van der Waals surface area contributed by atoms with Gasteiger partial charge in [-0.3, -0.25) is 9.59 Å². The van der Waals surface area contributed by atoms with Gasteiger partial charge in [0.25, 0.3) is 0 Å². The van der Waals surface area contributed by atoms with Crippen molar-refractivity contribution in [2.24, 2.45) is 0 Å². The third-order valence-electron chi connectivity index (χ3n) is 2.77. The highest BCUT2D eigenvalue weighted by Gasteiger charge is 1.97. The monoisotopic (exact) mass is 351 g/mol. The maximum Gasteiger partial charge on any atom is 0.178 e. The number of allylic oxidation sites excluding steroid dienone is 4. The van der Waals surface area contributed by atoms with Gasteiger partial charge in [0.2, 0.25) is 0 Å². The van der Waals surface area contributed by atoms with Gasteiger partial charge >= 0.3 is 0 Å². The Bertz CT molecular complexity index is 691. The Hall–Kier alpha value is -3.27. The summed E-state index contributed by atoms with van der Waals surface area (Å²) < 4.78 is 0. The number of carboxylic acids is 1. The predicted molar refractivity (Wildman–Crippen MR) is 102 cm³/mol. The lowest BCUT2D eigenvalue weighted by Crippen LogP contribution is -2.21. The molecule has 1 aliphatic rings. The molecule has 3 rings (SSSR count). The molecule has 0 spiro atoms. The van der Waals surface area contributed by atoms with Crippen LogP contribution in [0.2, 0.25) is 0 Å². The summed E-state index contributed by atoms with van der Waals surface area (Å²) in [6.07, 6.45) is 5.01. The molecule has 0 saturated heterocycles. The first kappa shape index (κ1) is 22.7. The summed E-state index contributed by atoms with van der Waals surface area (Å²) in [7, 11) is 0. The van der Waals surface area contributed by atoms with Gasteiger partial charge in [-0.25, -0.2) is 0 Å². The van der Waals surface area contributed by atoms with Gasteiger partial charge in [0.05, 0.1) is 5.97 Å². The fourth-order valence-corrected chi connectivity index (χ4v) is 1.55. The van der Waals surface area contributed by atoms with Crippen molar-refractivity contribution >= 4 is 17.5 Å². The Morgan fingerprint density at radius 1 is 0.692 bits per heavy atom. The number of carbonyl (C=O) groups is 3. The highest BCUT2D eigenvalue weighted by molar-refractivity contribution is 6.14. The standard InChI is InChI=1S/C7H6O2.C7H8.C6H4O2.C2H6/c8-7(9)6-4-2-1-3-5-6;1-7-5-3-2-4-6-7;7-5-1-2-6(8)4-3-5;1-2/h1-5H,(H,8,9);2-6H,1H3;1-4H;1-2H3/p-1. The van der Waals surface area contributed by atoms with E-state index < -0.39 is 5.97 Å². The molecule has 26 heavy (non-hydrogen) atoms. The first-order chi connectivity index (χ1) is 12.5. The molecule has 0 fully saturated rings. The molecule has 0 unspecified atom stereocenters. The average molecular weight is 351 g/mol. The molecule has 1 aliphatic carbocycles. The zero-order valence-electron chi connectivity index (χ0n) is 15.2. The smallest absolute Gasteiger partial charge is 0.178 e. The van der Waals surface area contributed by atoms with Crippen molar-refractivity contribution in [3.8, 4) is 0 Å². The number of carbonyl (C=O) groups excluding carboxylic acids is 3. The van der Waals surface area contributed by atoms with E-state index in [0.29, 0.717) is 0 Å². The van der Waals surface area contributed by atoms with Crippen LogP contribution in [-0.2, 0) is 9.59 Å². The van der Waals surface area contributed by atoms with Gasteiger partial charge in [0, 0.05) is 0 Å². The largest absolute Gasteiger partial charge is 0.545 e. The molecule has 0 radical (unpaired) electrons. The fourth-order valence-electron chi connectivity index (χ4n) is 1.55. The second-order valence-electron chi connectivity index (χ2n) is 4.78. The molecule has 4 heteroatoms. The molecule has 0 saturated carbocycles. The second kappa shape index (κ2) is 14.1. The topological polar surface area (TPSA) is 74.3 Å². The van der Waals surface area contributed by atoms with Gasteiger partial charge in [-0.05, 0) is 36.8 Å². The maximum absolute atomic E-state index is 10.3. The van der Waals surface area contributed by atoms with E-state index in [0.717, 1.165) is 0 Å². The molecule has 0 bridgehead atoms. The Morgan fingerprint density at radius 2 is 1.04 bits per heavy atom. The van der Waals surface area contributed by atoms with Crippen molar-refractivity contribution in [3.63, 3.8) is 0 Å². The molecular weight excluding hydrogens is 328 g/mol. The van der Waals surface area contributed by atoms with Crippen molar-refractivity contribution < 1.29 is 19.5 Å². The van der Waals surface area contributed by atoms with Crippen LogP contribution in [0, 0.1) is 6.92 Å². The van der Waals surface area contributed by atoms with Crippen LogP contribution in [0.3, 0.4) is 0 Å². The molecule has 0 N–H and O–H groups in total. The van der Waals surface area contributed by atoms with E-state index in [9.17, 15) is 19.5 Å². The molecule has 2 aromatic carbocycles. The van der Waals surface area contributed by atoms with E-state index in [-0.39, 0.29) is 17.1 Å². The number of rotatable bonds is 1. The number of hydrogen-bond acceptors (Lipinski definition) is 4. The van der Waals surface area contributed by atoms with Crippen molar-refractivity contribution in [1.82, 2.24) is 0 Å². The van der Waals surface area contributed by atoms with Crippen LogP contribution in [-0.4, -0.2) is 17.5 Å². The number of hydrogen-bond donors (Lipinski definition) is 0. The van der Waals surface area contributed by atoms with Crippen LogP contribution in [0.5, 0.6) is 0 Å². The Labute approximate surface area is 154 Å². The summed E-state index contributed by atoms with van der Waals surface area (Å²) in [6, 6.07) is 18.3. The number of ketones is 2. The van der Waals surface area contributed by atoms with Gasteiger partial charge < -0.3 is 9.90 Å². The van der Waals surface area contributed by atoms with E-state index in [1.54, 1.807) is 18.2 Å².